The van der Waals surface area contributed by atoms with Crippen molar-refractivity contribution < 1.29 is 26.5 Å². The van der Waals surface area contributed by atoms with Crippen molar-refractivity contribution >= 4 is 10.9 Å². The number of fused-ring (bicyclic) bond motifs is 1. The largest absolute Gasteiger partial charge is 2.00 e. The van der Waals surface area contributed by atoms with Gasteiger partial charge in [-0.25, -0.2) is 4.98 Å². The Morgan fingerprint density at radius 2 is 1.31 bits per heavy atom. The van der Waals surface area contributed by atoms with Crippen molar-refractivity contribution in [3.8, 4) is 11.5 Å². The Balaban J connectivity index is 0.000000351. The van der Waals surface area contributed by atoms with Crippen molar-refractivity contribution in [3.63, 3.8) is 0 Å². The van der Waals surface area contributed by atoms with Crippen LogP contribution in [0.1, 0.15) is 11.3 Å². The van der Waals surface area contributed by atoms with Crippen LogP contribution in [0.15, 0.2) is 18.2 Å². The van der Waals surface area contributed by atoms with E-state index in [0.29, 0.717) is 0 Å². The Morgan fingerprint density at radius 3 is 1.85 bits per heavy atom. The van der Waals surface area contributed by atoms with Gasteiger partial charge in [-0.05, 0) is 88.5 Å². The summed E-state index contributed by atoms with van der Waals surface area (Å²) in [5.74, 6) is 2.69. The molecule has 1 heterocycles. The van der Waals surface area contributed by atoms with Crippen LogP contribution in [0.2, 0.25) is 0 Å². The van der Waals surface area contributed by atoms with Crippen molar-refractivity contribution in [2.24, 2.45) is 0 Å². The number of aromatic nitrogens is 1. The minimum atomic E-state index is 0. The molecule has 3 nitrogen and oxygen atoms in total. The molecule has 0 N–H and O–H groups in total. The molecule has 26 heavy (non-hydrogen) atoms. The number of hydrogen-bond donors (Lipinski definition) is 0. The van der Waals surface area contributed by atoms with Crippen molar-refractivity contribution in [1.82, 2.24) is 4.98 Å². The van der Waals surface area contributed by atoms with Gasteiger partial charge >= 0.3 is 17.1 Å². The summed E-state index contributed by atoms with van der Waals surface area (Å²) >= 11 is 0. The van der Waals surface area contributed by atoms with E-state index in [1.54, 1.807) is 14.2 Å². The first-order valence-corrected chi connectivity index (χ1v) is 8.15. The average molecular weight is 387 g/mol. The molecule has 132 valence electrons. The quantitative estimate of drug-likeness (QED) is 0.735. The summed E-state index contributed by atoms with van der Waals surface area (Å²) in [7, 11) is 3.33. The molecule has 0 unspecified atom stereocenters. The van der Waals surface area contributed by atoms with Gasteiger partial charge in [-0.2, -0.15) is 0 Å². The molecule has 4 heteroatoms. The Kier molecular flexibility index (Phi) is 8.24. The molecule has 2 fully saturated rings. The molecule has 4 rings (SSSR count). The summed E-state index contributed by atoms with van der Waals surface area (Å²) in [6.45, 7) is 2.06. The first kappa shape index (κ1) is 21.1. The van der Waals surface area contributed by atoms with Gasteiger partial charge in [0.25, 0.3) is 0 Å². The number of pyridine rings is 1. The smallest absolute Gasteiger partial charge is 0.496 e. The average Bonchev–Trinajstić information content (AvgIpc) is 3.36. The predicted octanol–water partition coefficient (Wildman–Crippen LogP) is 4.33. The van der Waals surface area contributed by atoms with Gasteiger partial charge in [0.2, 0.25) is 0 Å². The third-order valence-corrected chi connectivity index (χ3v) is 4.03. The van der Waals surface area contributed by atoms with E-state index in [9.17, 15) is 0 Å². The van der Waals surface area contributed by atoms with E-state index in [-0.39, 0.29) is 17.1 Å². The van der Waals surface area contributed by atoms with Crippen molar-refractivity contribution in [3.05, 3.63) is 93.2 Å². The van der Waals surface area contributed by atoms with E-state index in [0.717, 1.165) is 39.6 Å². The number of nitrogens with zero attached hydrogens (tertiary/aromatic N) is 1. The van der Waals surface area contributed by atoms with Gasteiger partial charge < -0.3 is 9.47 Å². The summed E-state index contributed by atoms with van der Waals surface area (Å²) in [5, 5.41) is 0.972. The van der Waals surface area contributed by atoms with Crippen LogP contribution in [0.25, 0.3) is 10.9 Å². The minimum absolute atomic E-state index is 0. The molecule has 2 aromatic rings. The topological polar surface area (TPSA) is 31.4 Å². The zero-order valence-electron chi connectivity index (χ0n) is 15.0. The van der Waals surface area contributed by atoms with Crippen LogP contribution in [-0.4, -0.2) is 19.2 Å². The van der Waals surface area contributed by atoms with Crippen molar-refractivity contribution in [2.45, 2.75) is 6.92 Å². The van der Waals surface area contributed by atoms with Crippen LogP contribution >= 0.6 is 0 Å². The number of aryl methyl sites for hydroxylation is 1. The fraction of sp³-hybridized carbons (Fsp3) is 0.136. The molecule has 10 radical (unpaired) electrons. The van der Waals surface area contributed by atoms with Gasteiger partial charge in [-0.1, -0.05) is 0 Å². The van der Waals surface area contributed by atoms with Crippen LogP contribution in [-0.2, 0) is 17.1 Å². The Morgan fingerprint density at radius 1 is 0.769 bits per heavy atom. The van der Waals surface area contributed by atoms with Gasteiger partial charge in [0, 0.05) is 11.3 Å². The predicted molar refractivity (Wildman–Crippen MR) is 101 cm³/mol. The minimum Gasteiger partial charge on any atom is -0.496 e. The maximum atomic E-state index is 5.42. The number of hydrogen-bond acceptors (Lipinski definition) is 3. The molecule has 0 aliphatic heterocycles. The maximum Gasteiger partial charge on any atom is 2.00 e. The third kappa shape index (κ3) is 4.72. The van der Waals surface area contributed by atoms with Gasteiger partial charge in [0.15, 0.2) is 0 Å². The first-order chi connectivity index (χ1) is 12.2. The molecular weight excluding hydrogens is 366 g/mol. The fourth-order valence-electron chi connectivity index (χ4n) is 2.80. The second-order valence-corrected chi connectivity index (χ2v) is 5.66. The number of benzene rings is 1. The van der Waals surface area contributed by atoms with Crippen LogP contribution in [0, 0.1) is 70.6 Å². The molecule has 2 aliphatic carbocycles. The second kappa shape index (κ2) is 10.2. The second-order valence-electron chi connectivity index (χ2n) is 5.66. The molecule has 0 bridgehead atoms. The maximum absolute atomic E-state index is 5.42. The number of methoxy groups -OCH3 is 2. The van der Waals surface area contributed by atoms with E-state index >= 15 is 0 Å². The molecule has 2 aliphatic rings. The van der Waals surface area contributed by atoms with Crippen LogP contribution < -0.4 is 9.47 Å². The van der Waals surface area contributed by atoms with Crippen molar-refractivity contribution in [1.29, 1.82) is 0 Å². The molecule has 0 amide bonds. The van der Waals surface area contributed by atoms with E-state index in [1.807, 2.05) is 57.1 Å². The number of ether oxygens (including phenoxy) is 2. The van der Waals surface area contributed by atoms with Crippen LogP contribution in [0.5, 0.6) is 11.5 Å². The van der Waals surface area contributed by atoms with E-state index in [2.05, 4.69) is 25.8 Å². The molecule has 0 spiro atoms. The zero-order valence-corrected chi connectivity index (χ0v) is 16.1. The van der Waals surface area contributed by atoms with Gasteiger partial charge in [0.05, 0.1) is 19.9 Å². The first-order valence-electron chi connectivity index (χ1n) is 8.15. The zero-order chi connectivity index (χ0) is 17.6. The summed E-state index contributed by atoms with van der Waals surface area (Å²) in [4.78, 5) is 4.79. The van der Waals surface area contributed by atoms with E-state index in [1.165, 1.54) is 0 Å². The molecule has 1 aromatic heterocycles. The van der Waals surface area contributed by atoms with Crippen molar-refractivity contribution in [2.75, 3.05) is 14.2 Å². The fourth-order valence-corrected chi connectivity index (χ4v) is 2.80. The number of rotatable bonds is 3. The van der Waals surface area contributed by atoms with Gasteiger partial charge in [-0.15, -0.1) is 0 Å². The Hall–Kier alpha value is -1.25. The van der Waals surface area contributed by atoms with Crippen LogP contribution in [0.4, 0.5) is 0 Å². The van der Waals surface area contributed by atoms with Gasteiger partial charge in [0.1, 0.15) is 17.0 Å². The summed E-state index contributed by atoms with van der Waals surface area (Å²) in [5.41, 5.74) is 2.93. The Bertz CT molecular complexity index is 699. The molecule has 0 atom stereocenters. The normalized spacial score (nSPS) is 16.7. The van der Waals surface area contributed by atoms with E-state index < -0.39 is 0 Å². The molecule has 0 saturated heterocycles. The Labute approximate surface area is 168 Å². The molecule has 2 saturated carbocycles. The standard InChI is InChI=1S/C17H16NO2.C5H5.Fe/c1-11-10-13-14(19-2)8-9-15(20-3)17(13)18-16(11)12-6-4-5-7-12;1-2-4-5-3-1;/h4-10H,1-3H3;1-5H;/q;;+2. The third-order valence-electron chi connectivity index (χ3n) is 4.03. The summed E-state index contributed by atoms with van der Waals surface area (Å²) in [6, 6.07) is 5.90. The summed E-state index contributed by atoms with van der Waals surface area (Å²) in [6.07, 6.45) is 18.2. The SMILES string of the molecule is COc1ccc(OC)c2nc([C]3[CH][CH][CH][CH]3)c(C)cc12.[CH]1[CH][CH][CH][CH]1.[Fe+2]. The molecule has 1 aromatic carbocycles. The van der Waals surface area contributed by atoms with Gasteiger partial charge in [-0.3, -0.25) is 0 Å². The van der Waals surface area contributed by atoms with Crippen LogP contribution in [0.3, 0.4) is 0 Å². The summed E-state index contributed by atoms with van der Waals surface area (Å²) < 4.78 is 10.8. The monoisotopic (exact) mass is 387 g/mol. The van der Waals surface area contributed by atoms with E-state index in [4.69, 9.17) is 14.5 Å². The molecular formula is C22H21FeNO2+2.